The normalized spacial score (nSPS) is 15.7. The van der Waals surface area contributed by atoms with Crippen LogP contribution in [0.5, 0.6) is 0 Å². The molecule has 0 N–H and O–H groups in total. The summed E-state index contributed by atoms with van der Waals surface area (Å²) in [6.07, 6.45) is 0. The fourth-order valence-electron chi connectivity index (χ4n) is 2.73. The highest BCUT2D eigenvalue weighted by Crippen LogP contribution is 2.19. The maximum Gasteiger partial charge on any atom is 0.151 e. The number of benzene rings is 1. The van der Waals surface area contributed by atoms with Crippen LogP contribution in [-0.2, 0) is 6.54 Å². The molecule has 1 aromatic carbocycles. The van der Waals surface area contributed by atoms with Crippen molar-refractivity contribution in [1.29, 1.82) is 0 Å². The first kappa shape index (κ1) is 16.0. The molecule has 0 amide bonds. The smallest absolute Gasteiger partial charge is 0.151 e. The molecule has 6 heteroatoms. The van der Waals surface area contributed by atoms with Gasteiger partial charge < -0.3 is 9.80 Å². The van der Waals surface area contributed by atoms with Gasteiger partial charge in [0.25, 0.3) is 0 Å². The summed E-state index contributed by atoms with van der Waals surface area (Å²) in [6.45, 7) is 4.82. The van der Waals surface area contributed by atoms with Gasteiger partial charge in [-0.25, -0.2) is 0 Å². The molecule has 1 aromatic heterocycles. The molecule has 0 saturated carbocycles. The van der Waals surface area contributed by atoms with E-state index in [1.54, 1.807) is 0 Å². The van der Waals surface area contributed by atoms with E-state index in [2.05, 4.69) is 26.1 Å². The van der Waals surface area contributed by atoms with Gasteiger partial charge in [-0.3, -0.25) is 4.90 Å². The molecule has 0 unspecified atom stereocenters. The van der Waals surface area contributed by atoms with Crippen molar-refractivity contribution in [2.45, 2.75) is 6.54 Å². The second-order valence-electron chi connectivity index (χ2n) is 6.00. The van der Waals surface area contributed by atoms with Gasteiger partial charge in [0.1, 0.15) is 0 Å². The van der Waals surface area contributed by atoms with Crippen LogP contribution in [0.4, 0.5) is 11.6 Å². The Morgan fingerprint density at radius 1 is 1.00 bits per heavy atom. The quantitative estimate of drug-likeness (QED) is 0.860. The minimum atomic E-state index is 0.847. The van der Waals surface area contributed by atoms with Crippen LogP contribution in [0.15, 0.2) is 36.4 Å². The van der Waals surface area contributed by atoms with Crippen molar-refractivity contribution in [2.24, 2.45) is 0 Å². The van der Waals surface area contributed by atoms with E-state index in [4.69, 9.17) is 11.6 Å². The molecule has 5 nitrogen and oxygen atoms in total. The van der Waals surface area contributed by atoms with Crippen LogP contribution in [0.1, 0.15) is 5.56 Å². The molecular weight excluding hydrogens is 310 g/mol. The number of rotatable bonds is 4. The van der Waals surface area contributed by atoms with Gasteiger partial charge in [-0.2, -0.15) is 0 Å². The lowest BCUT2D eigenvalue weighted by atomic mass is 10.2. The molecule has 0 radical (unpaired) electrons. The second-order valence-corrected chi connectivity index (χ2v) is 6.41. The zero-order valence-corrected chi connectivity index (χ0v) is 14.4. The van der Waals surface area contributed by atoms with E-state index in [-0.39, 0.29) is 0 Å². The van der Waals surface area contributed by atoms with E-state index in [1.807, 2.05) is 49.3 Å². The SMILES string of the molecule is CN(C)c1ccc(N2CCN(Cc3ccccc3Cl)CC2)nn1. The lowest BCUT2D eigenvalue weighted by Crippen LogP contribution is -2.46. The number of halogens is 1. The minimum Gasteiger partial charge on any atom is -0.361 e. The molecule has 0 spiro atoms. The van der Waals surface area contributed by atoms with E-state index in [9.17, 15) is 0 Å². The van der Waals surface area contributed by atoms with Gasteiger partial charge in [-0.05, 0) is 23.8 Å². The van der Waals surface area contributed by atoms with E-state index in [1.165, 1.54) is 5.56 Å². The van der Waals surface area contributed by atoms with Crippen LogP contribution in [0.25, 0.3) is 0 Å². The highest BCUT2D eigenvalue weighted by Gasteiger charge is 2.19. The molecule has 1 aliphatic rings. The predicted octanol–water partition coefficient (Wildman–Crippen LogP) is 2.52. The third-order valence-electron chi connectivity index (χ3n) is 4.14. The summed E-state index contributed by atoms with van der Waals surface area (Å²) in [4.78, 5) is 6.67. The van der Waals surface area contributed by atoms with Crippen molar-refractivity contribution in [3.8, 4) is 0 Å². The van der Waals surface area contributed by atoms with Crippen LogP contribution < -0.4 is 9.80 Å². The first-order valence-electron chi connectivity index (χ1n) is 7.85. The Balaban J connectivity index is 1.57. The molecule has 23 heavy (non-hydrogen) atoms. The van der Waals surface area contributed by atoms with E-state index < -0.39 is 0 Å². The summed E-state index contributed by atoms with van der Waals surface area (Å²) < 4.78 is 0. The fourth-order valence-corrected chi connectivity index (χ4v) is 2.92. The standard InChI is InChI=1S/C17H22ClN5/c1-21(2)16-7-8-17(20-19-16)23-11-9-22(10-12-23)13-14-5-3-4-6-15(14)18/h3-8H,9-13H2,1-2H3. The monoisotopic (exact) mass is 331 g/mol. The molecule has 1 aliphatic heterocycles. The first-order valence-corrected chi connectivity index (χ1v) is 8.23. The number of aromatic nitrogens is 2. The van der Waals surface area contributed by atoms with Crippen LogP contribution >= 0.6 is 11.6 Å². The highest BCUT2D eigenvalue weighted by atomic mass is 35.5. The average Bonchev–Trinajstić information content (AvgIpc) is 2.58. The maximum absolute atomic E-state index is 6.25. The van der Waals surface area contributed by atoms with Crippen molar-refractivity contribution in [3.63, 3.8) is 0 Å². The van der Waals surface area contributed by atoms with Crippen molar-refractivity contribution in [2.75, 3.05) is 50.1 Å². The third kappa shape index (κ3) is 3.92. The van der Waals surface area contributed by atoms with Crippen LogP contribution in [0.3, 0.4) is 0 Å². The van der Waals surface area contributed by atoms with Gasteiger partial charge in [-0.1, -0.05) is 29.8 Å². The van der Waals surface area contributed by atoms with E-state index in [0.29, 0.717) is 0 Å². The number of anilines is 2. The van der Waals surface area contributed by atoms with Gasteiger partial charge in [0, 0.05) is 51.8 Å². The number of piperazine rings is 1. The second kappa shape index (κ2) is 7.15. The Morgan fingerprint density at radius 3 is 2.35 bits per heavy atom. The van der Waals surface area contributed by atoms with Crippen molar-refractivity contribution in [1.82, 2.24) is 15.1 Å². The lowest BCUT2D eigenvalue weighted by molar-refractivity contribution is 0.249. The number of hydrogen-bond donors (Lipinski definition) is 0. The topological polar surface area (TPSA) is 35.5 Å². The lowest BCUT2D eigenvalue weighted by Gasteiger charge is -2.35. The highest BCUT2D eigenvalue weighted by molar-refractivity contribution is 6.31. The zero-order chi connectivity index (χ0) is 16.2. The molecule has 1 fully saturated rings. The Kier molecular flexibility index (Phi) is 4.98. The summed E-state index contributed by atoms with van der Waals surface area (Å²) in [6, 6.07) is 12.1. The Bertz CT molecular complexity index is 636. The van der Waals surface area contributed by atoms with Gasteiger partial charge in [0.05, 0.1) is 0 Å². The number of hydrogen-bond acceptors (Lipinski definition) is 5. The average molecular weight is 332 g/mol. The molecule has 2 aromatic rings. The Hall–Kier alpha value is -1.85. The zero-order valence-electron chi connectivity index (χ0n) is 13.6. The minimum absolute atomic E-state index is 0.847. The molecule has 122 valence electrons. The van der Waals surface area contributed by atoms with Gasteiger partial charge in [0.15, 0.2) is 11.6 Å². The van der Waals surface area contributed by atoms with E-state index >= 15 is 0 Å². The maximum atomic E-state index is 6.25. The Morgan fingerprint density at radius 2 is 1.74 bits per heavy atom. The molecule has 0 aliphatic carbocycles. The van der Waals surface area contributed by atoms with Crippen LogP contribution in [0, 0.1) is 0 Å². The van der Waals surface area contributed by atoms with Crippen molar-refractivity contribution in [3.05, 3.63) is 47.0 Å². The van der Waals surface area contributed by atoms with Crippen molar-refractivity contribution >= 4 is 23.2 Å². The van der Waals surface area contributed by atoms with Gasteiger partial charge in [0.2, 0.25) is 0 Å². The largest absolute Gasteiger partial charge is 0.361 e. The summed E-state index contributed by atoms with van der Waals surface area (Å²) in [7, 11) is 3.94. The summed E-state index contributed by atoms with van der Waals surface area (Å²) in [5.74, 6) is 1.83. The summed E-state index contributed by atoms with van der Waals surface area (Å²) in [5.41, 5.74) is 1.19. The molecular formula is C17H22ClN5. The molecule has 0 atom stereocenters. The van der Waals surface area contributed by atoms with Crippen LogP contribution in [0.2, 0.25) is 5.02 Å². The molecule has 3 rings (SSSR count). The number of nitrogens with zero attached hydrogens (tertiary/aromatic N) is 5. The van der Waals surface area contributed by atoms with Crippen LogP contribution in [-0.4, -0.2) is 55.4 Å². The first-order chi connectivity index (χ1) is 11.1. The fraction of sp³-hybridized carbons (Fsp3) is 0.412. The molecule has 0 bridgehead atoms. The molecule has 2 heterocycles. The molecule has 1 saturated heterocycles. The summed E-state index contributed by atoms with van der Waals surface area (Å²) >= 11 is 6.25. The third-order valence-corrected chi connectivity index (χ3v) is 4.51. The summed E-state index contributed by atoms with van der Waals surface area (Å²) in [5, 5.41) is 9.44. The Labute approximate surface area is 142 Å². The van der Waals surface area contributed by atoms with E-state index in [0.717, 1.165) is 49.4 Å². The predicted molar refractivity (Wildman–Crippen MR) is 95.3 cm³/mol. The van der Waals surface area contributed by atoms with Crippen molar-refractivity contribution < 1.29 is 0 Å². The van der Waals surface area contributed by atoms with Gasteiger partial charge >= 0.3 is 0 Å². The van der Waals surface area contributed by atoms with Gasteiger partial charge in [-0.15, -0.1) is 10.2 Å².